The van der Waals surface area contributed by atoms with Crippen LogP contribution in [0.4, 0.5) is 4.79 Å². The first-order chi connectivity index (χ1) is 9.54. The van der Waals surface area contributed by atoms with E-state index in [0.717, 1.165) is 11.8 Å². The first-order valence-electron chi connectivity index (χ1n) is 6.38. The van der Waals surface area contributed by atoms with Crippen molar-refractivity contribution in [1.82, 2.24) is 24.6 Å². The van der Waals surface area contributed by atoms with Crippen molar-refractivity contribution in [3.8, 4) is 0 Å². The van der Waals surface area contributed by atoms with Crippen molar-refractivity contribution in [3.63, 3.8) is 0 Å². The summed E-state index contributed by atoms with van der Waals surface area (Å²) in [5.41, 5.74) is 0.634. The maximum Gasteiger partial charge on any atom is 0.407 e. The van der Waals surface area contributed by atoms with E-state index in [1.165, 1.54) is 4.90 Å². The Kier molecular flexibility index (Phi) is 3.21. The molecule has 8 heteroatoms. The van der Waals surface area contributed by atoms with Gasteiger partial charge in [0.05, 0.1) is 24.2 Å². The van der Waals surface area contributed by atoms with Crippen molar-refractivity contribution in [2.24, 2.45) is 5.92 Å². The van der Waals surface area contributed by atoms with Gasteiger partial charge in [-0.1, -0.05) is 6.92 Å². The Morgan fingerprint density at radius 3 is 3.10 bits per heavy atom. The lowest BCUT2D eigenvalue weighted by atomic mass is 10.1. The Labute approximate surface area is 120 Å². The molecular weight excluding hydrogens is 282 g/mol. The Balaban J connectivity index is 1.89. The normalized spacial score (nSPS) is 22.6. The Bertz CT molecular complexity index is 658. The van der Waals surface area contributed by atoms with Crippen LogP contribution in [0.25, 0.3) is 11.0 Å². The molecule has 0 bridgehead atoms. The second-order valence-electron chi connectivity index (χ2n) is 5.17. The van der Waals surface area contributed by atoms with Crippen LogP contribution >= 0.6 is 11.6 Å². The van der Waals surface area contributed by atoms with Gasteiger partial charge in [-0.05, 0) is 23.9 Å². The molecule has 3 heterocycles. The molecule has 0 spiro atoms. The SMILES string of the molecule is C[C@H]1C[C@@H](Cn2ncc3cnc(Cl)nc32)N(C(=O)O)C1. The van der Waals surface area contributed by atoms with Gasteiger partial charge in [-0.25, -0.2) is 14.5 Å². The predicted octanol–water partition coefficient (Wildman–Crippen LogP) is 1.87. The van der Waals surface area contributed by atoms with Gasteiger partial charge in [0.15, 0.2) is 5.65 Å². The standard InChI is InChI=1S/C12H14ClN5O2/c1-7-2-9(17(5-7)12(19)20)6-18-10-8(4-15-18)3-14-11(13)16-10/h3-4,7,9H,2,5-6H2,1H3,(H,19,20)/t7-,9-/m0/s1. The second-order valence-corrected chi connectivity index (χ2v) is 5.51. The van der Waals surface area contributed by atoms with Crippen molar-refractivity contribution in [2.45, 2.75) is 25.9 Å². The van der Waals surface area contributed by atoms with E-state index in [1.807, 2.05) is 0 Å². The lowest BCUT2D eigenvalue weighted by Crippen LogP contribution is -2.37. The Morgan fingerprint density at radius 1 is 1.55 bits per heavy atom. The fourth-order valence-corrected chi connectivity index (χ4v) is 2.87. The van der Waals surface area contributed by atoms with E-state index >= 15 is 0 Å². The number of rotatable bonds is 2. The van der Waals surface area contributed by atoms with Crippen LogP contribution in [0.2, 0.25) is 5.28 Å². The number of carbonyl (C=O) groups is 1. The highest BCUT2D eigenvalue weighted by molar-refractivity contribution is 6.28. The molecule has 7 nitrogen and oxygen atoms in total. The van der Waals surface area contributed by atoms with Gasteiger partial charge in [-0.15, -0.1) is 0 Å². The summed E-state index contributed by atoms with van der Waals surface area (Å²) in [4.78, 5) is 20.8. The molecule has 2 aromatic rings. The predicted molar refractivity (Wildman–Crippen MR) is 72.6 cm³/mol. The summed E-state index contributed by atoms with van der Waals surface area (Å²) in [5, 5.41) is 14.4. The minimum Gasteiger partial charge on any atom is -0.465 e. The van der Waals surface area contributed by atoms with E-state index in [0.29, 0.717) is 24.7 Å². The van der Waals surface area contributed by atoms with Crippen LogP contribution in [0.3, 0.4) is 0 Å². The molecular formula is C12H14ClN5O2. The third-order valence-electron chi connectivity index (χ3n) is 3.60. The molecule has 0 unspecified atom stereocenters. The molecule has 1 aliphatic heterocycles. The quantitative estimate of drug-likeness (QED) is 0.855. The number of likely N-dealkylation sites (tertiary alicyclic amines) is 1. The molecule has 106 valence electrons. The average Bonchev–Trinajstić information content (AvgIpc) is 2.94. The third-order valence-corrected chi connectivity index (χ3v) is 3.78. The second kappa shape index (κ2) is 4.90. The van der Waals surface area contributed by atoms with E-state index in [-0.39, 0.29) is 11.3 Å². The van der Waals surface area contributed by atoms with Gasteiger partial charge in [0.2, 0.25) is 5.28 Å². The monoisotopic (exact) mass is 295 g/mol. The highest BCUT2D eigenvalue weighted by Gasteiger charge is 2.33. The van der Waals surface area contributed by atoms with Gasteiger partial charge in [-0.3, -0.25) is 0 Å². The maximum absolute atomic E-state index is 11.3. The zero-order chi connectivity index (χ0) is 14.3. The van der Waals surface area contributed by atoms with Crippen LogP contribution in [0.15, 0.2) is 12.4 Å². The van der Waals surface area contributed by atoms with Crippen molar-refractivity contribution < 1.29 is 9.90 Å². The molecule has 1 fully saturated rings. The minimum atomic E-state index is -0.886. The summed E-state index contributed by atoms with van der Waals surface area (Å²) >= 11 is 5.80. The van der Waals surface area contributed by atoms with E-state index in [1.54, 1.807) is 17.1 Å². The zero-order valence-electron chi connectivity index (χ0n) is 10.9. The molecule has 2 aromatic heterocycles. The molecule has 0 radical (unpaired) electrons. The van der Waals surface area contributed by atoms with Crippen molar-refractivity contribution in [3.05, 3.63) is 17.7 Å². The van der Waals surface area contributed by atoms with Gasteiger partial charge < -0.3 is 10.0 Å². The Morgan fingerprint density at radius 2 is 2.35 bits per heavy atom. The summed E-state index contributed by atoms with van der Waals surface area (Å²) in [6.45, 7) is 3.10. The highest BCUT2D eigenvalue weighted by Crippen LogP contribution is 2.25. The van der Waals surface area contributed by atoms with E-state index in [9.17, 15) is 9.90 Å². The average molecular weight is 296 g/mol. The molecule has 1 amide bonds. The molecule has 0 saturated carbocycles. The number of fused-ring (bicyclic) bond motifs is 1. The van der Waals surface area contributed by atoms with Gasteiger partial charge >= 0.3 is 6.09 Å². The highest BCUT2D eigenvalue weighted by atomic mass is 35.5. The lowest BCUT2D eigenvalue weighted by Gasteiger charge is -2.21. The summed E-state index contributed by atoms with van der Waals surface area (Å²) in [6.07, 6.45) is 3.21. The molecule has 1 N–H and O–H groups in total. The smallest absolute Gasteiger partial charge is 0.407 e. The van der Waals surface area contributed by atoms with Crippen LogP contribution in [-0.4, -0.2) is 48.4 Å². The van der Waals surface area contributed by atoms with Gasteiger partial charge in [-0.2, -0.15) is 10.1 Å². The molecule has 3 rings (SSSR count). The first kappa shape index (κ1) is 13.1. The lowest BCUT2D eigenvalue weighted by molar-refractivity contribution is 0.135. The Hall–Kier alpha value is -1.89. The van der Waals surface area contributed by atoms with Gasteiger partial charge in [0.1, 0.15) is 0 Å². The van der Waals surface area contributed by atoms with Crippen LogP contribution in [0.5, 0.6) is 0 Å². The summed E-state index contributed by atoms with van der Waals surface area (Å²) in [5.74, 6) is 0.358. The topological polar surface area (TPSA) is 84.1 Å². The van der Waals surface area contributed by atoms with Crippen LogP contribution in [0.1, 0.15) is 13.3 Å². The number of halogens is 1. The number of amides is 1. The largest absolute Gasteiger partial charge is 0.465 e. The maximum atomic E-state index is 11.3. The van der Waals surface area contributed by atoms with Gasteiger partial charge in [0.25, 0.3) is 0 Å². The molecule has 1 saturated heterocycles. The third kappa shape index (κ3) is 2.29. The fourth-order valence-electron chi connectivity index (χ4n) is 2.74. The summed E-state index contributed by atoms with van der Waals surface area (Å²) in [7, 11) is 0. The summed E-state index contributed by atoms with van der Waals surface area (Å²) in [6, 6.07) is -0.0839. The number of nitrogens with zero attached hydrogens (tertiary/aromatic N) is 5. The zero-order valence-corrected chi connectivity index (χ0v) is 11.7. The molecule has 2 atom stereocenters. The molecule has 0 aliphatic carbocycles. The van der Waals surface area contributed by atoms with Crippen LogP contribution < -0.4 is 0 Å². The van der Waals surface area contributed by atoms with Crippen molar-refractivity contribution >= 4 is 28.7 Å². The van der Waals surface area contributed by atoms with Crippen LogP contribution in [0, 0.1) is 5.92 Å². The van der Waals surface area contributed by atoms with Gasteiger partial charge in [0, 0.05) is 12.7 Å². The number of aromatic nitrogens is 4. The van der Waals surface area contributed by atoms with E-state index < -0.39 is 6.09 Å². The molecule has 0 aromatic carbocycles. The van der Waals surface area contributed by atoms with Crippen molar-refractivity contribution in [1.29, 1.82) is 0 Å². The van der Waals surface area contributed by atoms with E-state index in [2.05, 4.69) is 22.0 Å². The summed E-state index contributed by atoms with van der Waals surface area (Å²) < 4.78 is 1.70. The number of hydrogen-bond donors (Lipinski definition) is 1. The fraction of sp³-hybridized carbons (Fsp3) is 0.500. The number of hydrogen-bond acceptors (Lipinski definition) is 4. The van der Waals surface area contributed by atoms with E-state index in [4.69, 9.17) is 11.6 Å². The molecule has 20 heavy (non-hydrogen) atoms. The minimum absolute atomic E-state index is 0.0839. The molecule has 1 aliphatic rings. The van der Waals surface area contributed by atoms with Crippen molar-refractivity contribution in [2.75, 3.05) is 6.54 Å². The number of carboxylic acid groups (broad SMARTS) is 1. The first-order valence-corrected chi connectivity index (χ1v) is 6.76. The van der Waals surface area contributed by atoms with Crippen LogP contribution in [-0.2, 0) is 6.54 Å².